The van der Waals surface area contributed by atoms with Crippen LogP contribution in [0.1, 0.15) is 38.8 Å². The van der Waals surface area contributed by atoms with Gasteiger partial charge in [0, 0.05) is 0 Å². The second-order valence-corrected chi connectivity index (χ2v) is 9.50. The first-order chi connectivity index (χ1) is 11.8. The molecule has 0 heterocycles. The highest BCUT2D eigenvalue weighted by Crippen LogP contribution is 2.33. The number of nitrogens with one attached hydrogen (secondary N) is 1. The van der Waals surface area contributed by atoms with Gasteiger partial charge in [0.05, 0.1) is 21.3 Å². The van der Waals surface area contributed by atoms with Crippen LogP contribution in [0.4, 0.5) is 0 Å². The molecule has 0 saturated heterocycles. The quantitative estimate of drug-likeness (QED) is 0.691. The standard InChI is InChI=1S/C22H25NOS/c1-21(2,3)25(24)23-22(4,19-12-6-5-7-13-19)20-15-14-17-10-8-9-11-18(17)16-20/h5-16,23H,1-4H3/t22-,25?/m1/s1. The molecule has 0 radical (unpaired) electrons. The highest BCUT2D eigenvalue weighted by molar-refractivity contribution is 7.84. The molecule has 2 atom stereocenters. The van der Waals surface area contributed by atoms with Gasteiger partial charge < -0.3 is 0 Å². The average Bonchev–Trinajstić information content (AvgIpc) is 2.61. The van der Waals surface area contributed by atoms with Gasteiger partial charge in [-0.1, -0.05) is 66.7 Å². The van der Waals surface area contributed by atoms with Gasteiger partial charge >= 0.3 is 0 Å². The van der Waals surface area contributed by atoms with Gasteiger partial charge in [0.1, 0.15) is 0 Å². The van der Waals surface area contributed by atoms with Crippen molar-refractivity contribution >= 4 is 21.8 Å². The molecule has 0 aliphatic rings. The van der Waals surface area contributed by atoms with Crippen LogP contribution in [0.25, 0.3) is 10.8 Å². The van der Waals surface area contributed by atoms with Crippen LogP contribution >= 0.6 is 0 Å². The number of fused-ring (bicyclic) bond motifs is 1. The molecule has 0 aliphatic heterocycles. The fourth-order valence-electron chi connectivity index (χ4n) is 2.89. The Morgan fingerprint density at radius 3 is 1.96 bits per heavy atom. The van der Waals surface area contributed by atoms with Crippen molar-refractivity contribution in [3.8, 4) is 0 Å². The topological polar surface area (TPSA) is 29.1 Å². The van der Waals surface area contributed by atoms with Crippen LogP contribution in [-0.4, -0.2) is 8.96 Å². The first kappa shape index (κ1) is 17.8. The van der Waals surface area contributed by atoms with E-state index in [1.54, 1.807) is 0 Å². The summed E-state index contributed by atoms with van der Waals surface area (Å²) in [4.78, 5) is 0. The molecule has 3 heteroatoms. The highest BCUT2D eigenvalue weighted by atomic mass is 32.2. The third kappa shape index (κ3) is 3.68. The number of benzene rings is 3. The summed E-state index contributed by atoms with van der Waals surface area (Å²) in [5.74, 6) is 0. The van der Waals surface area contributed by atoms with Gasteiger partial charge in [-0.15, -0.1) is 0 Å². The van der Waals surface area contributed by atoms with Gasteiger partial charge in [-0.3, -0.25) is 0 Å². The molecule has 2 nitrogen and oxygen atoms in total. The minimum Gasteiger partial charge on any atom is -0.242 e. The Balaban J connectivity index is 2.14. The molecule has 0 bridgehead atoms. The second-order valence-electron chi connectivity index (χ2n) is 7.54. The molecule has 130 valence electrons. The summed E-state index contributed by atoms with van der Waals surface area (Å²) in [7, 11) is -1.19. The molecule has 1 unspecified atom stereocenters. The molecular weight excluding hydrogens is 326 g/mol. The lowest BCUT2D eigenvalue weighted by Gasteiger charge is -2.34. The Bertz CT molecular complexity index is 899. The van der Waals surface area contributed by atoms with Crippen molar-refractivity contribution in [1.29, 1.82) is 0 Å². The van der Waals surface area contributed by atoms with E-state index in [-0.39, 0.29) is 4.75 Å². The zero-order valence-corrected chi connectivity index (χ0v) is 16.1. The maximum Gasteiger partial charge on any atom is 0.0981 e. The third-order valence-corrected chi connectivity index (χ3v) is 6.24. The van der Waals surface area contributed by atoms with Crippen molar-refractivity contribution < 1.29 is 4.21 Å². The number of hydrogen-bond donors (Lipinski definition) is 1. The third-order valence-electron chi connectivity index (χ3n) is 4.53. The van der Waals surface area contributed by atoms with E-state index in [2.05, 4.69) is 54.1 Å². The van der Waals surface area contributed by atoms with Gasteiger partial charge in [0.2, 0.25) is 0 Å². The molecule has 0 aliphatic carbocycles. The Morgan fingerprint density at radius 2 is 1.32 bits per heavy atom. The summed E-state index contributed by atoms with van der Waals surface area (Å²) < 4.78 is 16.0. The fraction of sp³-hybridized carbons (Fsp3) is 0.273. The van der Waals surface area contributed by atoms with Crippen LogP contribution in [0.2, 0.25) is 0 Å². The lowest BCUT2D eigenvalue weighted by molar-refractivity contribution is 0.525. The van der Waals surface area contributed by atoms with Crippen LogP contribution in [-0.2, 0) is 16.5 Å². The Hall–Kier alpha value is -1.97. The molecule has 0 spiro atoms. The van der Waals surface area contributed by atoms with Crippen molar-refractivity contribution in [1.82, 2.24) is 4.72 Å². The molecule has 3 rings (SSSR count). The van der Waals surface area contributed by atoms with Gasteiger partial charge in [0.15, 0.2) is 0 Å². The van der Waals surface area contributed by atoms with Crippen molar-refractivity contribution in [2.75, 3.05) is 0 Å². The maximum absolute atomic E-state index is 12.9. The largest absolute Gasteiger partial charge is 0.242 e. The molecule has 0 saturated carbocycles. The van der Waals surface area contributed by atoms with Crippen LogP contribution in [0.15, 0.2) is 72.8 Å². The predicted molar refractivity (Wildman–Crippen MR) is 108 cm³/mol. The smallest absolute Gasteiger partial charge is 0.0981 e. The van der Waals surface area contributed by atoms with E-state index in [9.17, 15) is 4.21 Å². The monoisotopic (exact) mass is 351 g/mol. The van der Waals surface area contributed by atoms with E-state index >= 15 is 0 Å². The summed E-state index contributed by atoms with van der Waals surface area (Å²) >= 11 is 0. The molecule has 0 fully saturated rings. The molecule has 0 aromatic heterocycles. The van der Waals surface area contributed by atoms with Crippen LogP contribution in [0, 0.1) is 0 Å². The molecule has 3 aromatic carbocycles. The molecular formula is C22H25NOS. The Labute approximate surface area is 152 Å². The van der Waals surface area contributed by atoms with Crippen LogP contribution in [0.5, 0.6) is 0 Å². The average molecular weight is 352 g/mol. The second kappa shape index (κ2) is 6.74. The lowest BCUT2D eigenvalue weighted by Crippen LogP contribution is -2.46. The van der Waals surface area contributed by atoms with E-state index in [4.69, 9.17) is 0 Å². The predicted octanol–water partition coefficient (Wildman–Crippen LogP) is 5.16. The van der Waals surface area contributed by atoms with Crippen molar-refractivity contribution in [2.45, 2.75) is 38.0 Å². The minimum atomic E-state index is -1.19. The molecule has 1 N–H and O–H groups in total. The van der Waals surface area contributed by atoms with E-state index < -0.39 is 16.5 Å². The Morgan fingerprint density at radius 1 is 0.720 bits per heavy atom. The van der Waals surface area contributed by atoms with Crippen molar-refractivity contribution in [3.63, 3.8) is 0 Å². The van der Waals surface area contributed by atoms with E-state index in [0.29, 0.717) is 0 Å². The number of rotatable bonds is 4. The summed E-state index contributed by atoms with van der Waals surface area (Å²) in [6, 6.07) is 25.0. The molecule has 3 aromatic rings. The Kier molecular flexibility index (Phi) is 4.81. The SMILES string of the molecule is CC(C)(C)S(=O)N[C@](C)(c1ccccc1)c1ccc2ccccc2c1. The van der Waals surface area contributed by atoms with Gasteiger partial charge in [-0.05, 0) is 55.7 Å². The van der Waals surface area contributed by atoms with Crippen molar-refractivity contribution in [3.05, 3.63) is 83.9 Å². The van der Waals surface area contributed by atoms with Crippen LogP contribution < -0.4 is 4.72 Å². The minimum absolute atomic E-state index is 0.340. The van der Waals surface area contributed by atoms with Gasteiger partial charge in [-0.25, -0.2) is 8.93 Å². The fourth-order valence-corrected chi connectivity index (χ4v) is 3.81. The molecule has 25 heavy (non-hydrogen) atoms. The lowest BCUT2D eigenvalue weighted by atomic mass is 9.85. The maximum atomic E-state index is 12.9. The first-order valence-electron chi connectivity index (χ1n) is 8.55. The first-order valence-corrected chi connectivity index (χ1v) is 9.70. The zero-order valence-electron chi connectivity index (χ0n) is 15.2. The van der Waals surface area contributed by atoms with E-state index in [1.807, 2.05) is 51.1 Å². The van der Waals surface area contributed by atoms with E-state index in [0.717, 1.165) is 11.1 Å². The molecule has 0 amide bonds. The van der Waals surface area contributed by atoms with Gasteiger partial charge in [-0.2, -0.15) is 0 Å². The van der Waals surface area contributed by atoms with Crippen molar-refractivity contribution in [2.24, 2.45) is 0 Å². The number of hydrogen-bond acceptors (Lipinski definition) is 1. The van der Waals surface area contributed by atoms with Crippen LogP contribution in [0.3, 0.4) is 0 Å². The summed E-state index contributed by atoms with van der Waals surface area (Å²) in [6.45, 7) is 8.07. The van der Waals surface area contributed by atoms with E-state index in [1.165, 1.54) is 10.8 Å². The highest BCUT2D eigenvalue weighted by Gasteiger charge is 2.34. The summed E-state index contributed by atoms with van der Waals surface area (Å²) in [5.41, 5.74) is 1.67. The summed E-state index contributed by atoms with van der Waals surface area (Å²) in [6.07, 6.45) is 0. The normalized spacial score (nSPS) is 15.7. The zero-order chi connectivity index (χ0) is 18.1. The summed E-state index contributed by atoms with van der Waals surface area (Å²) in [5, 5.41) is 2.39. The van der Waals surface area contributed by atoms with Gasteiger partial charge in [0.25, 0.3) is 0 Å².